The van der Waals surface area contributed by atoms with Crippen LogP contribution in [0.15, 0.2) is 18.2 Å². The minimum atomic E-state index is 0.167. The smallest absolute Gasteiger partial charge is 0.171 e. The summed E-state index contributed by atoms with van der Waals surface area (Å²) in [6, 6.07) is 6.40. The third kappa shape index (κ3) is 3.93. The van der Waals surface area contributed by atoms with Crippen molar-refractivity contribution in [1.82, 2.24) is 5.32 Å². The first-order chi connectivity index (χ1) is 8.98. The molecule has 1 fully saturated rings. The van der Waals surface area contributed by atoms with Crippen LogP contribution >= 0.6 is 12.2 Å². The van der Waals surface area contributed by atoms with Crippen LogP contribution in [0.25, 0.3) is 0 Å². The molecule has 1 aliphatic carbocycles. The highest BCUT2D eigenvalue weighted by Gasteiger charge is 2.27. The van der Waals surface area contributed by atoms with Crippen molar-refractivity contribution in [2.45, 2.75) is 58.4 Å². The van der Waals surface area contributed by atoms with E-state index in [4.69, 9.17) is 12.2 Å². The molecule has 0 saturated heterocycles. The summed E-state index contributed by atoms with van der Waals surface area (Å²) in [6.45, 7) is 6.49. The first-order valence-electron chi connectivity index (χ1n) is 7.15. The number of anilines is 1. The van der Waals surface area contributed by atoms with Crippen LogP contribution in [-0.2, 0) is 0 Å². The first-order valence-corrected chi connectivity index (χ1v) is 7.56. The van der Waals surface area contributed by atoms with E-state index in [2.05, 4.69) is 49.6 Å². The summed E-state index contributed by atoms with van der Waals surface area (Å²) in [5, 5.41) is 7.60. The summed E-state index contributed by atoms with van der Waals surface area (Å²) in [6.07, 6.45) is 6.38. The molecule has 2 nitrogen and oxygen atoms in total. The van der Waals surface area contributed by atoms with Gasteiger partial charge in [0.15, 0.2) is 5.11 Å². The number of benzene rings is 1. The molecule has 0 radical (unpaired) electrons. The molecule has 0 atom stereocenters. The number of hydrogen-bond donors (Lipinski definition) is 2. The Kier molecular flexibility index (Phi) is 4.46. The lowest BCUT2D eigenvalue weighted by Crippen LogP contribution is -2.48. The van der Waals surface area contributed by atoms with E-state index in [1.54, 1.807) is 0 Å². The maximum absolute atomic E-state index is 5.47. The highest BCUT2D eigenvalue weighted by molar-refractivity contribution is 7.80. The zero-order valence-corrected chi connectivity index (χ0v) is 13.0. The van der Waals surface area contributed by atoms with Crippen molar-refractivity contribution < 1.29 is 0 Å². The lowest BCUT2D eigenvalue weighted by molar-refractivity contribution is 0.292. The Morgan fingerprint density at radius 2 is 1.84 bits per heavy atom. The average Bonchev–Trinajstić information content (AvgIpc) is 2.34. The summed E-state index contributed by atoms with van der Waals surface area (Å²) in [5.74, 6) is 0. The number of rotatable bonds is 2. The van der Waals surface area contributed by atoms with Crippen molar-refractivity contribution in [2.24, 2.45) is 0 Å². The van der Waals surface area contributed by atoms with E-state index in [1.165, 1.54) is 43.2 Å². The van der Waals surface area contributed by atoms with Gasteiger partial charge in [0.1, 0.15) is 0 Å². The van der Waals surface area contributed by atoms with E-state index in [0.717, 1.165) is 10.8 Å². The molecule has 104 valence electrons. The molecular formula is C16H24N2S. The fourth-order valence-corrected chi connectivity index (χ4v) is 3.11. The molecule has 1 aliphatic rings. The van der Waals surface area contributed by atoms with Crippen LogP contribution in [-0.4, -0.2) is 10.7 Å². The molecule has 3 heteroatoms. The SMILES string of the molecule is Cc1ccc(C)c(NC(=S)NC2(C)CCCCC2)c1. The van der Waals surface area contributed by atoms with Gasteiger partial charge in [-0.1, -0.05) is 31.4 Å². The molecule has 0 aromatic heterocycles. The molecule has 1 saturated carbocycles. The quantitative estimate of drug-likeness (QED) is 0.787. The highest BCUT2D eigenvalue weighted by Crippen LogP contribution is 2.27. The number of aryl methyl sites for hydroxylation is 2. The lowest BCUT2D eigenvalue weighted by Gasteiger charge is -2.35. The van der Waals surface area contributed by atoms with E-state index >= 15 is 0 Å². The van der Waals surface area contributed by atoms with Crippen molar-refractivity contribution in [3.63, 3.8) is 0 Å². The lowest BCUT2D eigenvalue weighted by atomic mass is 9.83. The third-order valence-electron chi connectivity index (χ3n) is 4.01. The van der Waals surface area contributed by atoms with E-state index < -0.39 is 0 Å². The molecular weight excluding hydrogens is 252 g/mol. The predicted octanol–water partition coefficient (Wildman–Crippen LogP) is 4.31. The highest BCUT2D eigenvalue weighted by atomic mass is 32.1. The zero-order chi connectivity index (χ0) is 13.9. The maximum Gasteiger partial charge on any atom is 0.171 e. The predicted molar refractivity (Wildman–Crippen MR) is 86.8 cm³/mol. The van der Waals surface area contributed by atoms with Crippen LogP contribution in [0.4, 0.5) is 5.69 Å². The van der Waals surface area contributed by atoms with Gasteiger partial charge >= 0.3 is 0 Å². The summed E-state index contributed by atoms with van der Waals surface area (Å²) in [7, 11) is 0. The van der Waals surface area contributed by atoms with E-state index in [-0.39, 0.29) is 5.54 Å². The topological polar surface area (TPSA) is 24.1 Å². The van der Waals surface area contributed by atoms with Gasteiger partial charge in [0, 0.05) is 11.2 Å². The molecule has 0 bridgehead atoms. The Labute approximate surface area is 122 Å². The van der Waals surface area contributed by atoms with Crippen molar-refractivity contribution in [2.75, 3.05) is 5.32 Å². The van der Waals surface area contributed by atoms with Gasteiger partial charge in [0.05, 0.1) is 0 Å². The molecule has 2 rings (SSSR count). The van der Waals surface area contributed by atoms with Crippen LogP contribution in [0.5, 0.6) is 0 Å². The average molecular weight is 276 g/mol. The molecule has 2 N–H and O–H groups in total. The van der Waals surface area contributed by atoms with Gasteiger partial charge in [-0.2, -0.15) is 0 Å². The molecule has 0 aliphatic heterocycles. The van der Waals surface area contributed by atoms with Crippen LogP contribution in [0.2, 0.25) is 0 Å². The standard InChI is InChI=1S/C16H24N2S/c1-12-7-8-13(2)14(11-12)17-15(19)18-16(3)9-5-4-6-10-16/h7-8,11H,4-6,9-10H2,1-3H3,(H2,17,18,19). The van der Waals surface area contributed by atoms with Crippen LogP contribution in [0.1, 0.15) is 50.2 Å². The van der Waals surface area contributed by atoms with Crippen molar-refractivity contribution in [1.29, 1.82) is 0 Å². The molecule has 19 heavy (non-hydrogen) atoms. The third-order valence-corrected chi connectivity index (χ3v) is 4.22. The van der Waals surface area contributed by atoms with Crippen LogP contribution < -0.4 is 10.6 Å². The Hall–Kier alpha value is -1.09. The molecule has 0 amide bonds. The summed E-state index contributed by atoms with van der Waals surface area (Å²) in [4.78, 5) is 0. The monoisotopic (exact) mass is 276 g/mol. The van der Waals surface area contributed by atoms with Crippen LogP contribution in [0.3, 0.4) is 0 Å². The maximum atomic E-state index is 5.47. The molecule has 1 aromatic rings. The van der Waals surface area contributed by atoms with Gasteiger partial charge in [-0.3, -0.25) is 0 Å². The molecule has 1 aromatic carbocycles. The van der Waals surface area contributed by atoms with E-state index in [1.807, 2.05) is 0 Å². The minimum Gasteiger partial charge on any atom is -0.357 e. The van der Waals surface area contributed by atoms with Gasteiger partial charge < -0.3 is 10.6 Å². The first kappa shape index (κ1) is 14.3. The Morgan fingerprint density at radius 3 is 2.53 bits per heavy atom. The number of thiocarbonyl (C=S) groups is 1. The Morgan fingerprint density at radius 1 is 1.16 bits per heavy atom. The molecule has 0 heterocycles. The number of nitrogens with one attached hydrogen (secondary N) is 2. The van der Waals surface area contributed by atoms with Crippen molar-refractivity contribution in [3.8, 4) is 0 Å². The van der Waals surface area contributed by atoms with Crippen molar-refractivity contribution >= 4 is 23.0 Å². The largest absolute Gasteiger partial charge is 0.357 e. The van der Waals surface area contributed by atoms with Crippen molar-refractivity contribution in [3.05, 3.63) is 29.3 Å². The van der Waals surface area contributed by atoms with Gasteiger partial charge in [-0.15, -0.1) is 0 Å². The second-order valence-electron chi connectivity index (χ2n) is 6.02. The van der Waals surface area contributed by atoms with Gasteiger partial charge in [-0.05, 0) is 63.0 Å². The van der Waals surface area contributed by atoms with E-state index in [9.17, 15) is 0 Å². The second-order valence-corrected chi connectivity index (χ2v) is 6.43. The Balaban J connectivity index is 1.99. The zero-order valence-electron chi connectivity index (χ0n) is 12.2. The minimum absolute atomic E-state index is 0.167. The molecule has 0 unspecified atom stereocenters. The number of hydrogen-bond acceptors (Lipinski definition) is 1. The molecule has 0 spiro atoms. The fourth-order valence-electron chi connectivity index (χ4n) is 2.76. The normalized spacial score (nSPS) is 17.8. The summed E-state index contributed by atoms with van der Waals surface area (Å²) in [5.41, 5.74) is 3.75. The van der Waals surface area contributed by atoms with Gasteiger partial charge in [-0.25, -0.2) is 0 Å². The Bertz CT molecular complexity index is 462. The summed E-state index contributed by atoms with van der Waals surface area (Å²) >= 11 is 5.47. The second kappa shape index (κ2) is 5.91. The van der Waals surface area contributed by atoms with Gasteiger partial charge in [0.25, 0.3) is 0 Å². The fraction of sp³-hybridized carbons (Fsp3) is 0.562. The summed E-state index contributed by atoms with van der Waals surface area (Å²) < 4.78 is 0. The van der Waals surface area contributed by atoms with Gasteiger partial charge in [0.2, 0.25) is 0 Å². The van der Waals surface area contributed by atoms with E-state index in [0.29, 0.717) is 0 Å². The van der Waals surface area contributed by atoms with Crippen LogP contribution in [0, 0.1) is 13.8 Å².